The van der Waals surface area contributed by atoms with Crippen molar-refractivity contribution in [1.82, 2.24) is 5.32 Å². The molecule has 0 heterocycles. The van der Waals surface area contributed by atoms with E-state index >= 15 is 0 Å². The highest BCUT2D eigenvalue weighted by molar-refractivity contribution is 9.10. The van der Waals surface area contributed by atoms with E-state index in [1.165, 1.54) is 6.07 Å². The van der Waals surface area contributed by atoms with Gasteiger partial charge >= 0.3 is 0 Å². The molecule has 0 aliphatic rings. The van der Waals surface area contributed by atoms with E-state index in [9.17, 15) is 4.39 Å². The lowest BCUT2D eigenvalue weighted by atomic mass is 10.1. The number of benzene rings is 1. The molecule has 2 unspecified atom stereocenters. The Morgan fingerprint density at radius 2 is 2.06 bits per heavy atom. The van der Waals surface area contributed by atoms with Crippen LogP contribution in [0.5, 0.6) is 0 Å². The molecule has 0 fully saturated rings. The second-order valence-corrected chi connectivity index (χ2v) is 6.51. The number of alkyl halides is 1. The van der Waals surface area contributed by atoms with Gasteiger partial charge < -0.3 is 5.32 Å². The molecule has 0 bridgehead atoms. The summed E-state index contributed by atoms with van der Waals surface area (Å²) in [6, 6.07) is 5.53. The average molecular weight is 353 g/mol. The van der Waals surface area contributed by atoms with Crippen molar-refractivity contribution in [3.63, 3.8) is 0 Å². The van der Waals surface area contributed by atoms with E-state index < -0.39 is 0 Å². The van der Waals surface area contributed by atoms with Crippen LogP contribution < -0.4 is 5.32 Å². The zero-order valence-corrected chi connectivity index (χ0v) is 12.6. The molecule has 0 aliphatic heterocycles. The highest BCUT2D eigenvalue weighted by atomic mass is 79.9. The number of hydrogen-bond acceptors (Lipinski definition) is 1. The Bertz CT molecular complexity index is 342. The lowest BCUT2D eigenvalue weighted by molar-refractivity contribution is 0.502. The predicted molar refractivity (Wildman–Crippen MR) is 73.4 cm³/mol. The van der Waals surface area contributed by atoms with Crippen molar-refractivity contribution in [2.75, 3.05) is 0 Å². The maximum Gasteiger partial charge on any atom is 0.128 e. The fourth-order valence-electron chi connectivity index (χ4n) is 1.52. The fraction of sp³-hybridized carbons (Fsp3) is 0.500. The van der Waals surface area contributed by atoms with E-state index in [2.05, 4.69) is 51.0 Å². The third-order valence-electron chi connectivity index (χ3n) is 2.33. The maximum absolute atomic E-state index is 13.5. The molecule has 0 amide bonds. The van der Waals surface area contributed by atoms with Gasteiger partial charge in [0.1, 0.15) is 5.82 Å². The average Bonchev–Trinajstić information content (AvgIpc) is 2.15. The first-order chi connectivity index (χ1) is 7.49. The molecular weight excluding hydrogens is 337 g/mol. The summed E-state index contributed by atoms with van der Waals surface area (Å²) >= 11 is 6.75. The molecule has 0 saturated heterocycles. The van der Waals surface area contributed by atoms with E-state index in [-0.39, 0.29) is 5.82 Å². The second kappa shape index (κ2) is 6.72. The molecule has 0 spiro atoms. The van der Waals surface area contributed by atoms with Gasteiger partial charge in [-0.15, -0.1) is 0 Å². The lowest BCUT2D eigenvalue weighted by Gasteiger charge is -2.15. The van der Waals surface area contributed by atoms with Crippen LogP contribution in [0.2, 0.25) is 0 Å². The minimum atomic E-state index is -0.166. The standard InChI is InChI=1S/C12H16Br2FN/c1-8(13)5-9(2)16-7-10-3-4-11(14)6-12(10)15/h3-4,6,8-9,16H,5,7H2,1-2H3. The second-order valence-electron chi connectivity index (χ2n) is 4.03. The van der Waals surface area contributed by atoms with Crippen LogP contribution in [0.1, 0.15) is 25.8 Å². The third kappa shape index (κ3) is 4.93. The molecule has 1 aromatic rings. The molecular formula is C12H16Br2FN. The van der Waals surface area contributed by atoms with Crippen molar-refractivity contribution in [2.45, 2.75) is 37.7 Å². The van der Waals surface area contributed by atoms with Crippen LogP contribution in [0, 0.1) is 5.82 Å². The Morgan fingerprint density at radius 3 is 2.62 bits per heavy atom. The van der Waals surface area contributed by atoms with Gasteiger partial charge in [-0.25, -0.2) is 4.39 Å². The van der Waals surface area contributed by atoms with Crippen LogP contribution in [0.4, 0.5) is 4.39 Å². The van der Waals surface area contributed by atoms with Crippen LogP contribution in [0.25, 0.3) is 0 Å². The first-order valence-electron chi connectivity index (χ1n) is 5.30. The smallest absolute Gasteiger partial charge is 0.128 e. The Kier molecular flexibility index (Phi) is 5.94. The quantitative estimate of drug-likeness (QED) is 0.781. The highest BCUT2D eigenvalue weighted by Gasteiger charge is 2.07. The van der Waals surface area contributed by atoms with Crippen molar-refractivity contribution in [3.8, 4) is 0 Å². The van der Waals surface area contributed by atoms with Gasteiger partial charge in [0.25, 0.3) is 0 Å². The predicted octanol–water partition coefficient (Wildman–Crippen LogP) is 4.24. The Hall–Kier alpha value is 0.0700. The van der Waals surface area contributed by atoms with Crippen LogP contribution in [0.15, 0.2) is 22.7 Å². The summed E-state index contributed by atoms with van der Waals surface area (Å²) in [4.78, 5) is 0.477. The first-order valence-corrected chi connectivity index (χ1v) is 7.01. The van der Waals surface area contributed by atoms with Crippen molar-refractivity contribution in [2.24, 2.45) is 0 Å². The molecule has 1 aromatic carbocycles. The van der Waals surface area contributed by atoms with E-state index in [1.807, 2.05) is 6.07 Å². The molecule has 2 atom stereocenters. The number of halogens is 3. The number of rotatable bonds is 5. The largest absolute Gasteiger partial charge is 0.310 e. The number of nitrogens with one attached hydrogen (secondary N) is 1. The Morgan fingerprint density at radius 1 is 1.38 bits per heavy atom. The molecule has 0 aliphatic carbocycles. The maximum atomic E-state index is 13.5. The number of hydrogen-bond donors (Lipinski definition) is 1. The summed E-state index contributed by atoms with van der Waals surface area (Å²) in [7, 11) is 0. The van der Waals surface area contributed by atoms with Crippen LogP contribution in [-0.4, -0.2) is 10.9 Å². The van der Waals surface area contributed by atoms with Crippen LogP contribution >= 0.6 is 31.9 Å². The Labute approximate surface area is 113 Å². The van der Waals surface area contributed by atoms with Gasteiger partial charge in [-0.3, -0.25) is 0 Å². The van der Waals surface area contributed by atoms with Crippen molar-refractivity contribution < 1.29 is 4.39 Å². The van der Waals surface area contributed by atoms with Crippen molar-refractivity contribution in [3.05, 3.63) is 34.1 Å². The summed E-state index contributed by atoms with van der Waals surface area (Å²) in [5.74, 6) is -0.166. The van der Waals surface area contributed by atoms with Gasteiger partial charge in [0, 0.05) is 27.4 Å². The molecule has 4 heteroatoms. The summed E-state index contributed by atoms with van der Waals surface area (Å²) in [5, 5.41) is 3.31. The van der Waals surface area contributed by atoms with Gasteiger partial charge in [0.05, 0.1) is 0 Å². The zero-order chi connectivity index (χ0) is 12.1. The molecule has 1 N–H and O–H groups in total. The fourth-order valence-corrected chi connectivity index (χ4v) is 2.41. The molecule has 0 aromatic heterocycles. The normalized spacial score (nSPS) is 14.8. The van der Waals surface area contributed by atoms with Gasteiger partial charge in [-0.1, -0.05) is 44.8 Å². The molecule has 1 nitrogen and oxygen atoms in total. The Balaban J connectivity index is 2.48. The van der Waals surface area contributed by atoms with E-state index in [1.54, 1.807) is 6.07 Å². The zero-order valence-electron chi connectivity index (χ0n) is 9.43. The summed E-state index contributed by atoms with van der Waals surface area (Å²) < 4.78 is 14.3. The minimum Gasteiger partial charge on any atom is -0.310 e. The first kappa shape index (κ1) is 14.1. The van der Waals surface area contributed by atoms with Crippen LogP contribution in [0.3, 0.4) is 0 Å². The summed E-state index contributed by atoms with van der Waals surface area (Å²) in [5.41, 5.74) is 0.706. The van der Waals surface area contributed by atoms with E-state index in [0.717, 1.165) is 10.9 Å². The molecule has 0 saturated carbocycles. The monoisotopic (exact) mass is 351 g/mol. The van der Waals surface area contributed by atoms with Crippen molar-refractivity contribution >= 4 is 31.9 Å². The van der Waals surface area contributed by atoms with Gasteiger partial charge in [-0.05, 0) is 25.5 Å². The SMILES string of the molecule is CC(Br)CC(C)NCc1ccc(Br)cc1F. The van der Waals surface area contributed by atoms with Gasteiger partial charge in [0.15, 0.2) is 0 Å². The van der Waals surface area contributed by atoms with Gasteiger partial charge in [-0.2, -0.15) is 0 Å². The van der Waals surface area contributed by atoms with Crippen molar-refractivity contribution in [1.29, 1.82) is 0 Å². The molecule has 1 rings (SSSR count). The summed E-state index contributed by atoms with van der Waals surface area (Å²) in [6.45, 7) is 4.78. The molecule has 16 heavy (non-hydrogen) atoms. The summed E-state index contributed by atoms with van der Waals surface area (Å²) in [6.07, 6.45) is 1.03. The topological polar surface area (TPSA) is 12.0 Å². The molecule has 0 radical (unpaired) electrons. The van der Waals surface area contributed by atoms with E-state index in [0.29, 0.717) is 23.0 Å². The van der Waals surface area contributed by atoms with Gasteiger partial charge in [0.2, 0.25) is 0 Å². The highest BCUT2D eigenvalue weighted by Crippen LogP contribution is 2.15. The van der Waals surface area contributed by atoms with E-state index in [4.69, 9.17) is 0 Å². The minimum absolute atomic E-state index is 0.166. The lowest BCUT2D eigenvalue weighted by Crippen LogP contribution is -2.27. The third-order valence-corrected chi connectivity index (χ3v) is 3.20. The van der Waals surface area contributed by atoms with Crippen LogP contribution in [-0.2, 0) is 6.54 Å². The molecule has 90 valence electrons.